The van der Waals surface area contributed by atoms with Gasteiger partial charge in [0, 0.05) is 12.8 Å². The van der Waals surface area contributed by atoms with Crippen LogP contribution in [0.3, 0.4) is 0 Å². The number of carbonyl (C=O) groups is 2. The van der Waals surface area contributed by atoms with Crippen LogP contribution in [0.4, 0.5) is 0 Å². The second-order valence-electron chi connectivity index (χ2n) is 5.00. The van der Waals surface area contributed by atoms with Crippen molar-refractivity contribution in [2.45, 2.75) is 51.4 Å². The summed E-state index contributed by atoms with van der Waals surface area (Å²) in [6, 6.07) is 8.07. The van der Waals surface area contributed by atoms with Crippen LogP contribution in [0.1, 0.15) is 51.4 Å². The summed E-state index contributed by atoms with van der Waals surface area (Å²) >= 11 is 3.43. The molecular weight excluding hydrogens is 344 g/mol. The zero-order valence-electron chi connectivity index (χ0n) is 13.8. The van der Waals surface area contributed by atoms with E-state index in [-0.39, 0.29) is 12.8 Å². The molecule has 2 aromatic heterocycles. The molecule has 0 radical (unpaired) electrons. The average molecular weight is 371 g/mol. The largest absolute Gasteiger partial charge is 0.481 e. The topological polar surface area (TPSA) is 74.6 Å². The predicted octanol–water partition coefficient (Wildman–Crippen LogP) is 5.77. The highest BCUT2D eigenvalue weighted by atomic mass is 32.1. The Labute approximate surface area is 151 Å². The van der Waals surface area contributed by atoms with Crippen LogP contribution < -0.4 is 0 Å². The molecule has 0 atom stereocenters. The monoisotopic (exact) mass is 370 g/mol. The Morgan fingerprint density at radius 2 is 0.875 bits per heavy atom. The van der Waals surface area contributed by atoms with Crippen molar-refractivity contribution < 1.29 is 19.8 Å². The maximum atomic E-state index is 10.1. The summed E-state index contributed by atoms with van der Waals surface area (Å²) < 4.78 is 0. The minimum Gasteiger partial charge on any atom is -0.481 e. The SMILES string of the molecule is O=C(O)CCCCCCCCC(=O)O.c1ccsc1.c1ccsc1. The first-order valence-electron chi connectivity index (χ1n) is 8.01. The third-order valence-electron chi connectivity index (χ3n) is 2.88. The van der Waals surface area contributed by atoms with Gasteiger partial charge >= 0.3 is 11.9 Å². The number of thiophene rings is 2. The zero-order chi connectivity index (χ0) is 17.9. The summed E-state index contributed by atoms with van der Waals surface area (Å²) in [6.45, 7) is 0. The molecule has 0 spiro atoms. The molecule has 2 aromatic rings. The number of aliphatic carboxylic acids is 2. The average Bonchev–Trinajstić information content (AvgIpc) is 3.28. The van der Waals surface area contributed by atoms with Gasteiger partial charge in [-0.3, -0.25) is 9.59 Å². The molecule has 0 aromatic carbocycles. The molecule has 4 nitrogen and oxygen atoms in total. The highest BCUT2D eigenvalue weighted by Gasteiger charge is 1.98. The van der Waals surface area contributed by atoms with Crippen LogP contribution >= 0.6 is 22.7 Å². The van der Waals surface area contributed by atoms with Crippen molar-refractivity contribution in [2.75, 3.05) is 0 Å². The number of hydrogen-bond donors (Lipinski definition) is 2. The molecule has 2 N–H and O–H groups in total. The van der Waals surface area contributed by atoms with Gasteiger partial charge in [0.2, 0.25) is 0 Å². The smallest absolute Gasteiger partial charge is 0.303 e. The molecule has 0 aliphatic carbocycles. The Morgan fingerprint density at radius 1 is 0.583 bits per heavy atom. The van der Waals surface area contributed by atoms with Crippen LogP contribution in [0.15, 0.2) is 45.8 Å². The van der Waals surface area contributed by atoms with Crippen molar-refractivity contribution >= 4 is 34.6 Å². The van der Waals surface area contributed by atoms with Crippen LogP contribution in [-0.4, -0.2) is 22.2 Å². The van der Waals surface area contributed by atoms with E-state index in [4.69, 9.17) is 10.2 Å². The minimum absolute atomic E-state index is 0.245. The molecule has 0 saturated heterocycles. The number of carboxylic acids is 2. The van der Waals surface area contributed by atoms with Crippen molar-refractivity contribution in [1.82, 2.24) is 0 Å². The van der Waals surface area contributed by atoms with Gasteiger partial charge in [-0.15, -0.1) is 0 Å². The van der Waals surface area contributed by atoms with Crippen molar-refractivity contribution in [1.29, 1.82) is 0 Å². The van der Waals surface area contributed by atoms with Gasteiger partial charge in [-0.05, 0) is 34.4 Å². The lowest BCUT2D eigenvalue weighted by Crippen LogP contribution is -1.94. The van der Waals surface area contributed by atoms with E-state index in [0.29, 0.717) is 0 Å². The van der Waals surface area contributed by atoms with Crippen LogP contribution in [0, 0.1) is 0 Å². The van der Waals surface area contributed by atoms with E-state index in [1.165, 1.54) is 0 Å². The molecule has 0 amide bonds. The molecule has 0 fully saturated rings. The first-order chi connectivity index (χ1) is 11.6. The third-order valence-corrected chi connectivity index (χ3v) is 4.14. The highest BCUT2D eigenvalue weighted by Crippen LogP contribution is 2.08. The lowest BCUT2D eigenvalue weighted by atomic mass is 10.1. The van der Waals surface area contributed by atoms with Crippen LogP contribution in [0.5, 0.6) is 0 Å². The van der Waals surface area contributed by atoms with Crippen LogP contribution in [0.25, 0.3) is 0 Å². The van der Waals surface area contributed by atoms with Gasteiger partial charge in [0.05, 0.1) is 0 Å². The molecule has 2 rings (SSSR count). The van der Waals surface area contributed by atoms with Crippen molar-refractivity contribution in [3.63, 3.8) is 0 Å². The lowest BCUT2D eigenvalue weighted by molar-refractivity contribution is -0.138. The molecule has 0 saturated carbocycles. The van der Waals surface area contributed by atoms with Gasteiger partial charge in [-0.2, -0.15) is 22.7 Å². The third kappa shape index (κ3) is 20.3. The Hall–Kier alpha value is -1.66. The second-order valence-corrected chi connectivity index (χ2v) is 6.63. The molecule has 24 heavy (non-hydrogen) atoms. The van der Waals surface area contributed by atoms with E-state index in [9.17, 15) is 9.59 Å². The molecule has 0 bridgehead atoms. The van der Waals surface area contributed by atoms with E-state index < -0.39 is 11.9 Å². The summed E-state index contributed by atoms with van der Waals surface area (Å²) in [7, 11) is 0. The Morgan fingerprint density at radius 3 is 1.08 bits per heavy atom. The lowest BCUT2D eigenvalue weighted by Gasteiger charge is -1.98. The normalized spacial score (nSPS) is 9.17. The zero-order valence-corrected chi connectivity index (χ0v) is 15.4. The Bertz CT molecular complexity index is 400. The summed E-state index contributed by atoms with van der Waals surface area (Å²) in [5, 5.41) is 24.9. The summed E-state index contributed by atoms with van der Waals surface area (Å²) in [5.41, 5.74) is 0. The fourth-order valence-electron chi connectivity index (χ4n) is 1.71. The number of carboxylic acid groups (broad SMARTS) is 2. The second kappa shape index (κ2) is 17.7. The van der Waals surface area contributed by atoms with Crippen LogP contribution in [-0.2, 0) is 9.59 Å². The van der Waals surface area contributed by atoms with E-state index >= 15 is 0 Å². The predicted molar refractivity (Wildman–Crippen MR) is 101 cm³/mol. The summed E-state index contributed by atoms with van der Waals surface area (Å²) in [4.78, 5) is 20.3. The van der Waals surface area contributed by atoms with Gasteiger partial charge in [-0.25, -0.2) is 0 Å². The first kappa shape index (κ1) is 22.3. The Kier molecular flexibility index (Phi) is 16.5. The Balaban J connectivity index is 0.000000420. The first-order valence-corrected chi connectivity index (χ1v) is 9.89. The maximum Gasteiger partial charge on any atom is 0.303 e. The molecule has 0 aliphatic heterocycles. The van der Waals surface area contributed by atoms with Crippen molar-refractivity contribution in [3.8, 4) is 0 Å². The minimum atomic E-state index is -0.740. The summed E-state index contributed by atoms with van der Waals surface area (Å²) in [5.74, 6) is -1.48. The number of unbranched alkanes of at least 4 members (excludes halogenated alkanes) is 5. The van der Waals surface area contributed by atoms with Gasteiger partial charge in [0.25, 0.3) is 0 Å². The summed E-state index contributed by atoms with van der Waals surface area (Å²) in [6.07, 6.45) is 5.82. The molecule has 134 valence electrons. The molecule has 0 aliphatic rings. The fraction of sp³-hybridized carbons (Fsp3) is 0.444. The molecular formula is C18H26O4S2. The quantitative estimate of drug-likeness (QED) is 0.549. The van der Waals surface area contributed by atoms with E-state index in [0.717, 1.165) is 38.5 Å². The maximum absolute atomic E-state index is 10.1. The number of hydrogen-bond acceptors (Lipinski definition) is 4. The van der Waals surface area contributed by atoms with E-state index in [1.54, 1.807) is 22.7 Å². The van der Waals surface area contributed by atoms with Crippen LogP contribution in [0.2, 0.25) is 0 Å². The van der Waals surface area contributed by atoms with E-state index in [2.05, 4.69) is 0 Å². The van der Waals surface area contributed by atoms with Gasteiger partial charge in [-0.1, -0.05) is 49.9 Å². The van der Waals surface area contributed by atoms with E-state index in [1.807, 2.05) is 45.8 Å². The van der Waals surface area contributed by atoms with Gasteiger partial charge < -0.3 is 10.2 Å². The van der Waals surface area contributed by atoms with Gasteiger partial charge in [0.1, 0.15) is 0 Å². The highest BCUT2D eigenvalue weighted by molar-refractivity contribution is 7.08. The fourth-order valence-corrected chi connectivity index (χ4v) is 2.62. The standard InChI is InChI=1S/C10H18O4.2C4H4S/c11-9(12)7-5-3-1-2-4-6-8-10(13)14;2*1-2-4-5-3-1/h1-8H2,(H,11,12)(H,13,14);2*1-4H. The van der Waals surface area contributed by atoms with Crippen molar-refractivity contribution in [2.24, 2.45) is 0 Å². The molecule has 6 heteroatoms. The molecule has 0 unspecified atom stereocenters. The molecule has 2 heterocycles. The van der Waals surface area contributed by atoms with Crippen molar-refractivity contribution in [3.05, 3.63) is 45.8 Å². The van der Waals surface area contributed by atoms with Gasteiger partial charge in [0.15, 0.2) is 0 Å². The number of rotatable bonds is 9.